The van der Waals surface area contributed by atoms with Crippen LogP contribution in [0.5, 0.6) is 0 Å². The van der Waals surface area contributed by atoms with Gasteiger partial charge in [-0.15, -0.1) is 0 Å². The summed E-state index contributed by atoms with van der Waals surface area (Å²) in [4.78, 5) is 2.65. The van der Waals surface area contributed by atoms with E-state index in [0.717, 1.165) is 5.92 Å². The fourth-order valence-corrected chi connectivity index (χ4v) is 3.59. The van der Waals surface area contributed by atoms with Gasteiger partial charge in [-0.25, -0.2) is 0 Å². The minimum Gasteiger partial charge on any atom is -0.303 e. The first-order valence-corrected chi connectivity index (χ1v) is 8.62. The molecule has 1 aliphatic heterocycles. The highest BCUT2D eigenvalue weighted by Gasteiger charge is 2.21. The van der Waals surface area contributed by atoms with Crippen LogP contribution in [-0.4, -0.2) is 24.5 Å². The maximum atomic E-state index is 2.65. The average Bonchev–Trinajstić information content (AvgIpc) is 2.58. The molecule has 1 aliphatic rings. The fourth-order valence-electron chi connectivity index (χ4n) is 3.59. The molecule has 2 aromatic rings. The van der Waals surface area contributed by atoms with Crippen LogP contribution < -0.4 is 0 Å². The molecule has 0 bridgehead atoms. The number of benzene rings is 2. The van der Waals surface area contributed by atoms with Gasteiger partial charge in [-0.1, -0.05) is 67.6 Å². The van der Waals surface area contributed by atoms with Crippen molar-refractivity contribution in [2.45, 2.75) is 32.1 Å². The van der Waals surface area contributed by atoms with Crippen LogP contribution in [0.3, 0.4) is 0 Å². The summed E-state index contributed by atoms with van der Waals surface area (Å²) in [6.45, 7) is 6.07. The number of hydrogen-bond acceptors (Lipinski definition) is 1. The van der Waals surface area contributed by atoms with Crippen LogP contribution in [0.15, 0.2) is 60.7 Å². The first-order valence-electron chi connectivity index (χ1n) is 8.62. The molecule has 0 radical (unpaired) electrons. The molecule has 3 rings (SSSR count). The Labute approximate surface area is 135 Å². The summed E-state index contributed by atoms with van der Waals surface area (Å²) in [6, 6.07) is 21.9. The van der Waals surface area contributed by atoms with Gasteiger partial charge in [-0.3, -0.25) is 0 Å². The Hall–Kier alpha value is -1.60. The largest absolute Gasteiger partial charge is 0.303 e. The van der Waals surface area contributed by atoms with Gasteiger partial charge in [0, 0.05) is 6.54 Å². The van der Waals surface area contributed by atoms with Gasteiger partial charge in [0.05, 0.1) is 0 Å². The molecule has 1 fully saturated rings. The van der Waals surface area contributed by atoms with Crippen LogP contribution in [0.4, 0.5) is 0 Å². The first-order chi connectivity index (χ1) is 10.8. The maximum Gasteiger partial charge on any atom is 0.00476 e. The zero-order chi connectivity index (χ0) is 15.2. The lowest BCUT2D eigenvalue weighted by Crippen LogP contribution is -2.36. The Morgan fingerprint density at radius 2 is 1.50 bits per heavy atom. The van der Waals surface area contributed by atoms with Gasteiger partial charge >= 0.3 is 0 Å². The van der Waals surface area contributed by atoms with Crippen molar-refractivity contribution in [1.82, 2.24) is 4.90 Å². The number of rotatable bonds is 5. The topological polar surface area (TPSA) is 3.24 Å². The summed E-state index contributed by atoms with van der Waals surface area (Å²) in [7, 11) is 0. The zero-order valence-electron chi connectivity index (χ0n) is 13.6. The highest BCUT2D eigenvalue weighted by atomic mass is 15.1. The van der Waals surface area contributed by atoms with E-state index in [1.165, 1.54) is 50.0 Å². The molecule has 0 saturated carbocycles. The molecule has 0 aromatic heterocycles. The highest BCUT2D eigenvalue weighted by molar-refractivity contribution is 5.19. The lowest BCUT2D eigenvalue weighted by Gasteiger charge is -2.33. The van der Waals surface area contributed by atoms with E-state index in [0.29, 0.717) is 5.92 Å². The van der Waals surface area contributed by atoms with E-state index >= 15 is 0 Å². The number of piperidine rings is 1. The Bertz CT molecular complexity index is 541. The van der Waals surface area contributed by atoms with Crippen molar-refractivity contribution in [1.29, 1.82) is 0 Å². The fraction of sp³-hybridized carbons (Fsp3) is 0.429. The monoisotopic (exact) mass is 293 g/mol. The molecule has 1 saturated heterocycles. The van der Waals surface area contributed by atoms with Gasteiger partial charge in [0.1, 0.15) is 0 Å². The molecule has 0 unspecified atom stereocenters. The quantitative estimate of drug-likeness (QED) is 0.769. The Morgan fingerprint density at radius 1 is 0.909 bits per heavy atom. The third kappa shape index (κ3) is 4.20. The van der Waals surface area contributed by atoms with Crippen LogP contribution in [0, 0.1) is 5.92 Å². The minimum atomic E-state index is 0.631. The zero-order valence-corrected chi connectivity index (χ0v) is 13.6. The number of likely N-dealkylation sites (tertiary alicyclic amines) is 1. The van der Waals surface area contributed by atoms with Crippen molar-refractivity contribution in [3.05, 3.63) is 71.8 Å². The molecule has 1 heteroatoms. The lowest BCUT2D eigenvalue weighted by atomic mass is 9.89. The predicted molar refractivity (Wildman–Crippen MR) is 94.2 cm³/mol. The summed E-state index contributed by atoms with van der Waals surface area (Å²) in [5.41, 5.74) is 2.97. The van der Waals surface area contributed by atoms with E-state index in [-0.39, 0.29) is 0 Å². The van der Waals surface area contributed by atoms with E-state index in [1.54, 1.807) is 0 Å². The third-order valence-corrected chi connectivity index (χ3v) is 4.98. The number of hydrogen-bond donors (Lipinski definition) is 0. The van der Waals surface area contributed by atoms with E-state index in [2.05, 4.69) is 72.5 Å². The van der Waals surface area contributed by atoms with Crippen molar-refractivity contribution in [3.8, 4) is 0 Å². The normalized spacial score (nSPS) is 18.2. The molecule has 0 aliphatic carbocycles. The van der Waals surface area contributed by atoms with Crippen molar-refractivity contribution in [2.24, 2.45) is 5.92 Å². The Kier molecular flexibility index (Phi) is 5.29. The lowest BCUT2D eigenvalue weighted by molar-refractivity contribution is 0.177. The molecule has 0 amide bonds. The molecule has 116 valence electrons. The molecule has 1 heterocycles. The molecule has 0 spiro atoms. The van der Waals surface area contributed by atoms with Crippen molar-refractivity contribution in [2.75, 3.05) is 19.6 Å². The molecular weight excluding hydrogens is 266 g/mol. The van der Waals surface area contributed by atoms with Gasteiger partial charge in [-0.2, -0.15) is 0 Å². The molecule has 22 heavy (non-hydrogen) atoms. The number of nitrogens with zero attached hydrogens (tertiary/aromatic N) is 1. The molecule has 2 aromatic carbocycles. The average molecular weight is 293 g/mol. The third-order valence-electron chi connectivity index (χ3n) is 4.98. The van der Waals surface area contributed by atoms with Gasteiger partial charge < -0.3 is 4.90 Å². The van der Waals surface area contributed by atoms with Crippen LogP contribution in [0.1, 0.15) is 36.8 Å². The minimum absolute atomic E-state index is 0.631. The van der Waals surface area contributed by atoms with E-state index in [9.17, 15) is 0 Å². The van der Waals surface area contributed by atoms with E-state index < -0.39 is 0 Å². The van der Waals surface area contributed by atoms with Gasteiger partial charge in [-0.05, 0) is 55.3 Å². The van der Waals surface area contributed by atoms with E-state index in [4.69, 9.17) is 0 Å². The van der Waals surface area contributed by atoms with Crippen LogP contribution in [-0.2, 0) is 6.42 Å². The second kappa shape index (κ2) is 7.60. The summed E-state index contributed by atoms with van der Waals surface area (Å²) >= 11 is 0. The van der Waals surface area contributed by atoms with Crippen LogP contribution >= 0.6 is 0 Å². The SMILES string of the molecule is C[C@@H](CN1CCC(Cc2ccccc2)CC1)c1ccccc1. The van der Waals surface area contributed by atoms with Gasteiger partial charge in [0.2, 0.25) is 0 Å². The molecule has 1 nitrogen and oxygen atoms in total. The van der Waals surface area contributed by atoms with Crippen LogP contribution in [0.25, 0.3) is 0 Å². The smallest absolute Gasteiger partial charge is 0.00476 e. The van der Waals surface area contributed by atoms with Crippen LogP contribution in [0.2, 0.25) is 0 Å². The second-order valence-electron chi connectivity index (χ2n) is 6.75. The van der Waals surface area contributed by atoms with Crippen molar-refractivity contribution in [3.63, 3.8) is 0 Å². The van der Waals surface area contributed by atoms with E-state index in [1.807, 2.05) is 0 Å². The van der Waals surface area contributed by atoms with Crippen molar-refractivity contribution < 1.29 is 0 Å². The van der Waals surface area contributed by atoms with Gasteiger partial charge in [0.25, 0.3) is 0 Å². The highest BCUT2D eigenvalue weighted by Crippen LogP contribution is 2.24. The van der Waals surface area contributed by atoms with Crippen molar-refractivity contribution >= 4 is 0 Å². The van der Waals surface area contributed by atoms with Gasteiger partial charge in [0.15, 0.2) is 0 Å². The predicted octanol–water partition coefficient (Wildman–Crippen LogP) is 4.74. The maximum absolute atomic E-state index is 2.65. The first kappa shape index (κ1) is 15.3. The summed E-state index contributed by atoms with van der Waals surface area (Å²) in [5, 5.41) is 0. The molecular formula is C21H27N. The second-order valence-corrected chi connectivity index (χ2v) is 6.75. The molecule has 1 atom stereocenters. The standard InChI is InChI=1S/C21H27N/c1-18(21-10-6-3-7-11-21)17-22-14-12-20(13-15-22)16-19-8-4-2-5-9-19/h2-11,18,20H,12-17H2,1H3/t18-/m0/s1. The summed E-state index contributed by atoms with van der Waals surface area (Å²) < 4.78 is 0. The summed E-state index contributed by atoms with van der Waals surface area (Å²) in [6.07, 6.45) is 3.94. The Balaban J connectivity index is 1.46. The molecule has 0 N–H and O–H groups in total. The Morgan fingerprint density at radius 3 is 2.14 bits per heavy atom. The summed E-state index contributed by atoms with van der Waals surface area (Å²) in [5.74, 6) is 1.50.